The summed E-state index contributed by atoms with van der Waals surface area (Å²) in [6, 6.07) is 12.6. The summed E-state index contributed by atoms with van der Waals surface area (Å²) in [6.07, 6.45) is 0. The van der Waals surface area contributed by atoms with E-state index in [-0.39, 0.29) is 5.82 Å². The van der Waals surface area contributed by atoms with Crippen molar-refractivity contribution in [2.24, 2.45) is 0 Å². The van der Waals surface area contributed by atoms with Crippen LogP contribution < -0.4 is 21.3 Å². The number of benzene rings is 2. The normalized spacial score (nSPS) is 15.3. The maximum Gasteiger partial charge on any atom is 0.146 e. The second kappa shape index (κ2) is 5.52. The van der Waals surface area contributed by atoms with E-state index in [0.29, 0.717) is 17.1 Å². The van der Waals surface area contributed by atoms with Crippen LogP contribution in [0.25, 0.3) is 0 Å². The Morgan fingerprint density at radius 1 is 0.810 bits per heavy atom. The fourth-order valence-corrected chi connectivity index (χ4v) is 2.67. The molecule has 4 N–H and O–H groups in total. The summed E-state index contributed by atoms with van der Waals surface area (Å²) in [4.78, 5) is 4.32. The van der Waals surface area contributed by atoms with E-state index in [1.807, 2.05) is 30.3 Å². The summed E-state index contributed by atoms with van der Waals surface area (Å²) in [5.41, 5.74) is 14.5. The van der Waals surface area contributed by atoms with Crippen LogP contribution in [0.3, 0.4) is 0 Å². The fourth-order valence-electron chi connectivity index (χ4n) is 2.67. The average molecular weight is 286 g/mol. The Hall–Kier alpha value is -2.43. The van der Waals surface area contributed by atoms with Gasteiger partial charge in [-0.15, -0.1) is 0 Å². The lowest BCUT2D eigenvalue weighted by molar-refractivity contribution is 0.598. The van der Waals surface area contributed by atoms with E-state index in [1.165, 1.54) is 6.07 Å². The zero-order valence-electron chi connectivity index (χ0n) is 11.8. The van der Waals surface area contributed by atoms with Gasteiger partial charge in [0.05, 0.1) is 17.1 Å². The number of nitrogens with two attached hydrogens (primary N) is 2. The number of piperazine rings is 1. The maximum atomic E-state index is 13.8. The van der Waals surface area contributed by atoms with Gasteiger partial charge in [-0.25, -0.2) is 4.39 Å². The third-order valence-corrected chi connectivity index (χ3v) is 3.91. The molecule has 0 spiro atoms. The Labute approximate surface area is 123 Å². The molecule has 2 aromatic rings. The molecule has 0 radical (unpaired) electrons. The largest absolute Gasteiger partial charge is 0.397 e. The van der Waals surface area contributed by atoms with Crippen LogP contribution in [-0.2, 0) is 0 Å². The number of hydrogen-bond acceptors (Lipinski definition) is 4. The molecule has 1 aliphatic heterocycles. The Morgan fingerprint density at radius 3 is 2.14 bits per heavy atom. The molecular formula is C16H19FN4. The van der Waals surface area contributed by atoms with Crippen LogP contribution in [0, 0.1) is 5.82 Å². The number of rotatable bonds is 2. The standard InChI is InChI=1S/C16H19FN4/c17-13-3-1-2-4-16(13)21-9-7-20(8-10-21)12-5-6-14(18)15(19)11-12/h1-6,11H,7-10,18-19H2. The molecular weight excluding hydrogens is 267 g/mol. The van der Waals surface area contributed by atoms with Crippen molar-refractivity contribution < 1.29 is 4.39 Å². The first kappa shape index (κ1) is 13.5. The van der Waals surface area contributed by atoms with E-state index in [2.05, 4.69) is 9.80 Å². The molecule has 0 amide bonds. The summed E-state index contributed by atoms with van der Waals surface area (Å²) in [7, 11) is 0. The van der Waals surface area contributed by atoms with Crippen molar-refractivity contribution in [2.45, 2.75) is 0 Å². The van der Waals surface area contributed by atoms with Gasteiger partial charge in [-0.2, -0.15) is 0 Å². The van der Waals surface area contributed by atoms with E-state index >= 15 is 0 Å². The van der Waals surface area contributed by atoms with Crippen molar-refractivity contribution >= 4 is 22.7 Å². The highest BCUT2D eigenvalue weighted by molar-refractivity contribution is 5.70. The highest BCUT2D eigenvalue weighted by Crippen LogP contribution is 2.26. The van der Waals surface area contributed by atoms with E-state index in [4.69, 9.17) is 11.5 Å². The first-order valence-electron chi connectivity index (χ1n) is 7.04. The van der Waals surface area contributed by atoms with Gasteiger partial charge in [0.15, 0.2) is 0 Å². The zero-order chi connectivity index (χ0) is 14.8. The molecule has 1 heterocycles. The van der Waals surface area contributed by atoms with Crippen molar-refractivity contribution in [3.05, 3.63) is 48.3 Å². The lowest BCUT2D eigenvalue weighted by Gasteiger charge is -2.37. The molecule has 2 aromatic carbocycles. The van der Waals surface area contributed by atoms with Gasteiger partial charge in [-0.1, -0.05) is 12.1 Å². The lowest BCUT2D eigenvalue weighted by Crippen LogP contribution is -2.46. The Balaban J connectivity index is 1.70. The van der Waals surface area contributed by atoms with Crippen molar-refractivity contribution in [2.75, 3.05) is 47.4 Å². The smallest absolute Gasteiger partial charge is 0.146 e. The molecule has 1 fully saturated rings. The van der Waals surface area contributed by atoms with E-state index < -0.39 is 0 Å². The third kappa shape index (κ3) is 2.72. The first-order valence-corrected chi connectivity index (χ1v) is 7.04. The summed E-state index contributed by atoms with van der Waals surface area (Å²) in [6.45, 7) is 3.23. The van der Waals surface area contributed by atoms with Gasteiger partial charge in [-0.3, -0.25) is 0 Å². The highest BCUT2D eigenvalue weighted by atomic mass is 19.1. The van der Waals surface area contributed by atoms with Crippen LogP contribution in [0.15, 0.2) is 42.5 Å². The molecule has 21 heavy (non-hydrogen) atoms. The van der Waals surface area contributed by atoms with Crippen LogP contribution in [0.1, 0.15) is 0 Å². The number of para-hydroxylation sites is 1. The second-order valence-corrected chi connectivity index (χ2v) is 5.24. The predicted molar refractivity (Wildman–Crippen MR) is 86.1 cm³/mol. The molecule has 110 valence electrons. The third-order valence-electron chi connectivity index (χ3n) is 3.91. The summed E-state index contributed by atoms with van der Waals surface area (Å²) in [5.74, 6) is -0.164. The Bertz CT molecular complexity index is 636. The topological polar surface area (TPSA) is 58.5 Å². The van der Waals surface area contributed by atoms with Crippen molar-refractivity contribution in [1.29, 1.82) is 0 Å². The van der Waals surface area contributed by atoms with Gasteiger partial charge in [0, 0.05) is 31.9 Å². The molecule has 0 aromatic heterocycles. The molecule has 0 aliphatic carbocycles. The summed E-state index contributed by atoms with van der Waals surface area (Å²) in [5, 5.41) is 0. The molecule has 5 heteroatoms. The molecule has 0 bridgehead atoms. The SMILES string of the molecule is Nc1ccc(N2CCN(c3ccccc3F)CC2)cc1N. The van der Waals surface area contributed by atoms with Crippen LogP contribution in [0.4, 0.5) is 27.1 Å². The molecule has 4 nitrogen and oxygen atoms in total. The van der Waals surface area contributed by atoms with Gasteiger partial charge in [0.2, 0.25) is 0 Å². The molecule has 3 rings (SSSR count). The van der Waals surface area contributed by atoms with Gasteiger partial charge in [0.25, 0.3) is 0 Å². The van der Waals surface area contributed by atoms with Crippen LogP contribution >= 0.6 is 0 Å². The van der Waals surface area contributed by atoms with Gasteiger partial charge in [0.1, 0.15) is 5.82 Å². The summed E-state index contributed by atoms with van der Waals surface area (Å²) < 4.78 is 13.8. The van der Waals surface area contributed by atoms with Gasteiger partial charge >= 0.3 is 0 Å². The van der Waals surface area contributed by atoms with Crippen molar-refractivity contribution in [3.63, 3.8) is 0 Å². The average Bonchev–Trinajstić information content (AvgIpc) is 2.51. The minimum atomic E-state index is -0.164. The monoisotopic (exact) mass is 286 g/mol. The number of nitrogen functional groups attached to an aromatic ring is 2. The number of anilines is 4. The number of hydrogen-bond donors (Lipinski definition) is 2. The first-order chi connectivity index (χ1) is 10.1. The Morgan fingerprint density at radius 2 is 1.48 bits per heavy atom. The van der Waals surface area contributed by atoms with Crippen LogP contribution in [0.2, 0.25) is 0 Å². The Kier molecular flexibility index (Phi) is 3.56. The van der Waals surface area contributed by atoms with Crippen LogP contribution in [0.5, 0.6) is 0 Å². The zero-order valence-corrected chi connectivity index (χ0v) is 11.8. The lowest BCUT2D eigenvalue weighted by atomic mass is 10.2. The van der Waals surface area contributed by atoms with Crippen molar-refractivity contribution in [3.8, 4) is 0 Å². The molecule has 0 atom stereocenters. The minimum Gasteiger partial charge on any atom is -0.397 e. The molecule has 1 aliphatic rings. The van der Waals surface area contributed by atoms with E-state index in [0.717, 1.165) is 31.9 Å². The van der Waals surface area contributed by atoms with Crippen molar-refractivity contribution in [1.82, 2.24) is 0 Å². The van der Waals surface area contributed by atoms with Gasteiger partial charge in [-0.05, 0) is 30.3 Å². The maximum absolute atomic E-state index is 13.8. The summed E-state index contributed by atoms with van der Waals surface area (Å²) >= 11 is 0. The quantitative estimate of drug-likeness (QED) is 0.832. The van der Waals surface area contributed by atoms with Crippen LogP contribution in [-0.4, -0.2) is 26.2 Å². The number of nitrogens with zero attached hydrogens (tertiary/aromatic N) is 2. The molecule has 1 saturated heterocycles. The van der Waals surface area contributed by atoms with E-state index in [9.17, 15) is 4.39 Å². The second-order valence-electron chi connectivity index (χ2n) is 5.24. The minimum absolute atomic E-state index is 0.164. The predicted octanol–water partition coefficient (Wildman–Crippen LogP) is 2.32. The van der Waals surface area contributed by atoms with E-state index in [1.54, 1.807) is 6.07 Å². The van der Waals surface area contributed by atoms with Gasteiger partial charge < -0.3 is 21.3 Å². The molecule has 0 saturated carbocycles. The molecule has 0 unspecified atom stereocenters. The highest BCUT2D eigenvalue weighted by Gasteiger charge is 2.19. The number of halogens is 1. The fraction of sp³-hybridized carbons (Fsp3) is 0.250.